The van der Waals surface area contributed by atoms with Crippen LogP contribution in [-0.4, -0.2) is 157 Å². The number of hydrogen-bond acceptors (Lipinski definition) is 15. The smallest absolute Gasteiger partial charge is 0.335 e. The molecule has 8 aliphatic rings. The molecule has 0 amide bonds. The number of carboxylic acids is 1. The van der Waals surface area contributed by atoms with Gasteiger partial charge in [-0.05, 0) is 110 Å². The van der Waals surface area contributed by atoms with Gasteiger partial charge in [0.25, 0.3) is 0 Å². The molecule has 0 aromatic heterocycles. The molecule has 16 nitrogen and oxygen atoms in total. The summed E-state index contributed by atoms with van der Waals surface area (Å²) in [7, 11) is 0. The van der Waals surface area contributed by atoms with Gasteiger partial charge in [-0.2, -0.15) is 0 Å². The number of hydrogen-bond donors (Lipinski definition) is 9. The Morgan fingerprint density at radius 2 is 1.33 bits per heavy atom. The predicted molar refractivity (Wildman–Crippen MR) is 223 cm³/mol. The van der Waals surface area contributed by atoms with Gasteiger partial charge in [0, 0.05) is 5.41 Å². The molecule has 0 aromatic carbocycles. The molecule has 5 aliphatic carbocycles. The van der Waals surface area contributed by atoms with Crippen molar-refractivity contribution in [2.75, 3.05) is 6.61 Å². The largest absolute Gasteiger partial charge is 0.479 e. The Kier molecular flexibility index (Phi) is 12.5. The highest BCUT2D eigenvalue weighted by Crippen LogP contribution is 2.76. The lowest BCUT2D eigenvalue weighted by atomic mass is 9.33. The minimum Gasteiger partial charge on any atom is -0.479 e. The first-order chi connectivity index (χ1) is 29.2. The molecule has 0 aromatic rings. The zero-order chi connectivity index (χ0) is 46.1. The molecule has 0 unspecified atom stereocenters. The summed E-state index contributed by atoms with van der Waals surface area (Å²) in [6, 6.07) is 0. The Labute approximate surface area is 371 Å². The summed E-state index contributed by atoms with van der Waals surface area (Å²) in [4.78, 5) is 12.4. The van der Waals surface area contributed by atoms with Crippen LogP contribution < -0.4 is 0 Å². The van der Waals surface area contributed by atoms with Crippen molar-refractivity contribution < 1.29 is 79.2 Å². The fraction of sp³-hybridized carbons (Fsp3) is 0.936. The molecule has 7 fully saturated rings. The Morgan fingerprint density at radius 3 is 2.02 bits per heavy atom. The molecule has 3 saturated heterocycles. The van der Waals surface area contributed by atoms with Crippen molar-refractivity contribution in [3.8, 4) is 0 Å². The van der Waals surface area contributed by atoms with E-state index >= 15 is 0 Å². The molecule has 0 radical (unpaired) electrons. The van der Waals surface area contributed by atoms with Gasteiger partial charge >= 0.3 is 5.97 Å². The van der Waals surface area contributed by atoms with E-state index in [-0.39, 0.29) is 39.1 Å². The van der Waals surface area contributed by atoms with Gasteiger partial charge in [0.15, 0.2) is 25.0 Å². The number of rotatable bonds is 7. The summed E-state index contributed by atoms with van der Waals surface area (Å²) >= 11 is 0. The number of fused-ring (bicyclic) bond motifs is 7. The third kappa shape index (κ3) is 7.51. The van der Waals surface area contributed by atoms with Crippen LogP contribution in [0, 0.1) is 50.2 Å². The first-order valence-corrected chi connectivity index (χ1v) is 23.5. The van der Waals surface area contributed by atoms with Gasteiger partial charge < -0.3 is 74.4 Å². The van der Waals surface area contributed by atoms with E-state index in [1.54, 1.807) is 5.57 Å². The molecule has 16 heteroatoms. The lowest BCUT2D eigenvalue weighted by Gasteiger charge is -2.71. The highest BCUT2D eigenvalue weighted by atomic mass is 16.8. The van der Waals surface area contributed by atoms with Crippen LogP contribution in [0.2, 0.25) is 0 Å². The lowest BCUT2D eigenvalue weighted by molar-refractivity contribution is -0.386. The maximum absolute atomic E-state index is 12.4. The van der Waals surface area contributed by atoms with E-state index in [9.17, 15) is 50.8 Å². The summed E-state index contributed by atoms with van der Waals surface area (Å²) in [5.41, 5.74) is 0.910. The van der Waals surface area contributed by atoms with Crippen molar-refractivity contribution in [3.63, 3.8) is 0 Å². The molecule has 0 spiro atoms. The molecule has 8 rings (SSSR count). The summed E-state index contributed by atoms with van der Waals surface area (Å²) < 4.78 is 36.2. The summed E-state index contributed by atoms with van der Waals surface area (Å²) in [6.45, 7) is 19.7. The molecule has 0 bridgehead atoms. The Balaban J connectivity index is 1.04. The molecule has 3 aliphatic heterocycles. The van der Waals surface area contributed by atoms with E-state index in [1.165, 1.54) is 6.92 Å². The number of aliphatic hydroxyl groups is 8. The van der Waals surface area contributed by atoms with Gasteiger partial charge in [0.05, 0.1) is 24.9 Å². The van der Waals surface area contributed by atoms with Gasteiger partial charge in [-0.15, -0.1) is 0 Å². The minimum atomic E-state index is -1.96. The third-order valence-electron chi connectivity index (χ3n) is 19.0. The third-order valence-corrected chi connectivity index (χ3v) is 19.0. The van der Waals surface area contributed by atoms with Crippen molar-refractivity contribution in [1.82, 2.24) is 0 Å². The predicted octanol–water partition coefficient (Wildman–Crippen LogP) is 2.37. The summed E-state index contributed by atoms with van der Waals surface area (Å²) in [5.74, 6) is -0.622. The number of aliphatic hydroxyl groups excluding tert-OH is 8. The lowest BCUT2D eigenvalue weighted by Crippen LogP contribution is -2.67. The van der Waals surface area contributed by atoms with Crippen LogP contribution in [0.3, 0.4) is 0 Å². The van der Waals surface area contributed by atoms with Gasteiger partial charge in [-0.1, -0.05) is 67.0 Å². The highest BCUT2D eigenvalue weighted by Gasteiger charge is 2.69. The van der Waals surface area contributed by atoms with Crippen molar-refractivity contribution in [3.05, 3.63) is 11.6 Å². The number of ether oxygens (including phenoxy) is 6. The topological polar surface area (TPSA) is 255 Å². The molecule has 9 N–H and O–H groups in total. The number of carbonyl (C=O) groups is 1. The Hall–Kier alpha value is -1.35. The second-order valence-electron chi connectivity index (χ2n) is 23.3. The molecule has 4 saturated carbocycles. The fourth-order valence-corrected chi connectivity index (χ4v) is 14.8. The van der Waals surface area contributed by atoms with Crippen LogP contribution in [0.4, 0.5) is 0 Å². The van der Waals surface area contributed by atoms with Crippen LogP contribution in [0.25, 0.3) is 0 Å². The van der Waals surface area contributed by atoms with Crippen molar-refractivity contribution >= 4 is 5.97 Å². The van der Waals surface area contributed by atoms with Crippen LogP contribution in [0.5, 0.6) is 0 Å². The molecule has 63 heavy (non-hydrogen) atoms. The average molecular weight is 897 g/mol. The van der Waals surface area contributed by atoms with Crippen LogP contribution >= 0.6 is 0 Å². The fourth-order valence-electron chi connectivity index (χ4n) is 14.8. The monoisotopic (exact) mass is 897 g/mol. The van der Waals surface area contributed by atoms with E-state index in [0.717, 1.165) is 51.4 Å². The molecule has 360 valence electrons. The van der Waals surface area contributed by atoms with Gasteiger partial charge in [-0.3, -0.25) is 0 Å². The maximum atomic E-state index is 12.4. The second-order valence-corrected chi connectivity index (χ2v) is 23.3. The van der Waals surface area contributed by atoms with E-state index in [0.29, 0.717) is 18.3 Å². The average Bonchev–Trinajstić information content (AvgIpc) is 3.20. The van der Waals surface area contributed by atoms with E-state index < -0.39 is 110 Å². The maximum Gasteiger partial charge on any atom is 0.335 e. The van der Waals surface area contributed by atoms with Gasteiger partial charge in [0.2, 0.25) is 0 Å². The summed E-state index contributed by atoms with van der Waals surface area (Å²) in [5, 5.41) is 97.3. The Bertz CT molecular complexity index is 1740. The standard InChI is InChI=1S/C47H76O16/c1-21-29(50)31(52)34(55)39(59-21)62-36-30(51)24(48)20-58-40(36)63-37-33(54)32(53)35(38(56)57)61-41(37)60-28-13-14-45(7)25(43(28,4)5)12-15-47(9)26(45)11-10-22-23-18-42(2,3)19-27(49)44(23,6)16-17-46(22,47)8/h10,21,23-37,39-41,48-55H,11-20H2,1-9H3,(H,56,57)/t21-,23+,24-,25-,26+,27-,28+,29-,30-,31+,32-,33-,34+,35-,36+,37+,39-,40-,41+,44-,45+,46-,47-/m1/s1. The van der Waals surface area contributed by atoms with Gasteiger partial charge in [0.1, 0.15) is 54.9 Å². The summed E-state index contributed by atoms with van der Waals surface area (Å²) in [6.07, 6.45) is -12.8. The zero-order valence-electron chi connectivity index (χ0n) is 38.5. The molecular formula is C47H76O16. The molecular weight excluding hydrogens is 821 g/mol. The van der Waals surface area contributed by atoms with Crippen molar-refractivity contribution in [2.24, 2.45) is 50.2 Å². The first-order valence-electron chi connectivity index (χ1n) is 23.5. The van der Waals surface area contributed by atoms with Crippen LogP contribution in [0.15, 0.2) is 11.6 Å². The first kappa shape index (κ1) is 48.1. The van der Waals surface area contributed by atoms with E-state index in [2.05, 4.69) is 61.5 Å². The molecule has 23 atom stereocenters. The van der Waals surface area contributed by atoms with Crippen molar-refractivity contribution in [2.45, 2.75) is 218 Å². The van der Waals surface area contributed by atoms with E-state index in [4.69, 9.17) is 28.4 Å². The number of allylic oxidation sites excluding steroid dienone is 2. The second kappa shape index (κ2) is 16.4. The van der Waals surface area contributed by atoms with Gasteiger partial charge in [-0.25, -0.2) is 4.79 Å². The number of carboxylic acid groups (broad SMARTS) is 1. The van der Waals surface area contributed by atoms with Crippen molar-refractivity contribution in [1.29, 1.82) is 0 Å². The zero-order valence-corrected chi connectivity index (χ0v) is 38.5. The highest BCUT2D eigenvalue weighted by molar-refractivity contribution is 5.73. The van der Waals surface area contributed by atoms with Crippen LogP contribution in [-0.2, 0) is 33.2 Å². The Morgan fingerprint density at radius 1 is 0.667 bits per heavy atom. The molecule has 3 heterocycles. The number of aliphatic carboxylic acids is 1. The quantitative estimate of drug-likeness (QED) is 0.131. The normalized spacial score (nSPS) is 55.3. The SMILES string of the molecule is C[C@H]1O[C@H](O[C@@H]2[C@@H](O[C@@H]3[C@@H](O[C@H]4CC[C@@]5(C)[C@H](CC[C@]6(C)[C@H]5CC=C5[C@@H]7CC(C)(C)C[C@@H](O)[C@]7(C)CC[C@]56C)C4(C)C)O[C@@H](C(=O)O)[C@H](O)[C@H]3O)OC[C@@H](O)[C@H]2O)[C@@H](O)[C@@H](O)[C@@H]1O. The van der Waals surface area contributed by atoms with Crippen LogP contribution in [0.1, 0.15) is 120 Å². The minimum absolute atomic E-state index is 0.0189. The van der Waals surface area contributed by atoms with E-state index in [1.807, 2.05) is 0 Å².